The van der Waals surface area contributed by atoms with E-state index in [2.05, 4.69) is 0 Å². The minimum absolute atomic E-state index is 0.00706. The Hall–Kier alpha value is -2.08. The highest BCUT2D eigenvalue weighted by Crippen LogP contribution is 2.19. The fraction of sp³-hybridized carbons (Fsp3) is 0.467. The van der Waals surface area contributed by atoms with Crippen molar-refractivity contribution in [1.82, 2.24) is 9.80 Å². The fourth-order valence-electron chi connectivity index (χ4n) is 2.59. The molecular weight excluding hydrogens is 272 g/mol. The number of nitrogens with zero attached hydrogens (tertiary/aromatic N) is 2. The Balaban J connectivity index is 1.98. The predicted molar refractivity (Wildman–Crippen MR) is 77.1 cm³/mol. The molecule has 1 saturated heterocycles. The Bertz CT molecular complexity index is 515. The van der Waals surface area contributed by atoms with Crippen molar-refractivity contribution in [2.45, 2.75) is 25.4 Å². The largest absolute Gasteiger partial charge is 0.478 e. The van der Waals surface area contributed by atoms with E-state index in [0.29, 0.717) is 13.1 Å². The molecule has 21 heavy (non-hydrogen) atoms. The minimum Gasteiger partial charge on any atom is -0.478 e. The lowest BCUT2D eigenvalue weighted by Crippen LogP contribution is -2.44. The van der Waals surface area contributed by atoms with Gasteiger partial charge in [0.15, 0.2) is 0 Å². The molecule has 2 rings (SSSR count). The van der Waals surface area contributed by atoms with Crippen LogP contribution in [0.5, 0.6) is 0 Å². The van der Waals surface area contributed by atoms with Crippen molar-refractivity contribution in [2.24, 2.45) is 0 Å². The van der Waals surface area contributed by atoms with Gasteiger partial charge in [-0.25, -0.2) is 9.59 Å². The van der Waals surface area contributed by atoms with Crippen LogP contribution < -0.4 is 0 Å². The van der Waals surface area contributed by atoms with E-state index in [4.69, 9.17) is 5.11 Å². The third kappa shape index (κ3) is 3.52. The summed E-state index contributed by atoms with van der Waals surface area (Å²) in [4.78, 5) is 26.4. The van der Waals surface area contributed by atoms with Crippen molar-refractivity contribution in [2.75, 3.05) is 20.2 Å². The Morgan fingerprint density at radius 1 is 1.33 bits per heavy atom. The Labute approximate surface area is 123 Å². The van der Waals surface area contributed by atoms with Gasteiger partial charge in [-0.15, -0.1) is 0 Å². The van der Waals surface area contributed by atoms with E-state index in [1.54, 1.807) is 29.0 Å². The van der Waals surface area contributed by atoms with Crippen molar-refractivity contribution in [1.29, 1.82) is 0 Å². The fourth-order valence-corrected chi connectivity index (χ4v) is 2.59. The van der Waals surface area contributed by atoms with Crippen molar-refractivity contribution >= 4 is 12.0 Å². The molecule has 114 valence electrons. The normalized spacial score (nSPS) is 17.8. The Morgan fingerprint density at radius 2 is 2.00 bits per heavy atom. The van der Waals surface area contributed by atoms with E-state index in [-0.39, 0.29) is 24.2 Å². The first kappa shape index (κ1) is 15.3. The summed E-state index contributed by atoms with van der Waals surface area (Å²) in [6.07, 6.45) is 1.75. The van der Waals surface area contributed by atoms with Crippen LogP contribution in [0.25, 0.3) is 0 Å². The molecule has 0 spiro atoms. The highest BCUT2D eigenvalue weighted by Gasteiger charge is 2.29. The van der Waals surface area contributed by atoms with Gasteiger partial charge in [-0.3, -0.25) is 0 Å². The minimum atomic E-state index is -0.964. The monoisotopic (exact) mass is 292 g/mol. The molecule has 1 aliphatic rings. The summed E-state index contributed by atoms with van der Waals surface area (Å²) in [5, 5.41) is 18.1. The van der Waals surface area contributed by atoms with Gasteiger partial charge in [-0.05, 0) is 30.5 Å². The maximum atomic E-state index is 12.3. The highest BCUT2D eigenvalue weighted by atomic mass is 16.4. The van der Waals surface area contributed by atoms with E-state index >= 15 is 0 Å². The SMILES string of the molecule is CN(Cc1ccc(C(=O)O)cc1)C(=O)N1CCCC1CO. The number of hydrogen-bond acceptors (Lipinski definition) is 3. The number of likely N-dealkylation sites (tertiary alicyclic amines) is 1. The van der Waals surface area contributed by atoms with Crippen LogP contribution in [0.4, 0.5) is 4.79 Å². The number of benzene rings is 1. The van der Waals surface area contributed by atoms with Crippen LogP contribution in [0.15, 0.2) is 24.3 Å². The van der Waals surface area contributed by atoms with Gasteiger partial charge in [0.2, 0.25) is 0 Å². The number of aliphatic hydroxyl groups excluding tert-OH is 1. The van der Waals surface area contributed by atoms with Gasteiger partial charge in [-0.2, -0.15) is 0 Å². The third-order valence-electron chi connectivity index (χ3n) is 3.78. The van der Waals surface area contributed by atoms with E-state index in [1.807, 2.05) is 0 Å². The quantitative estimate of drug-likeness (QED) is 0.879. The van der Waals surface area contributed by atoms with Gasteiger partial charge < -0.3 is 20.0 Å². The molecule has 6 nitrogen and oxygen atoms in total. The molecule has 1 unspecified atom stereocenters. The average molecular weight is 292 g/mol. The maximum absolute atomic E-state index is 12.3. The summed E-state index contributed by atoms with van der Waals surface area (Å²) < 4.78 is 0. The molecule has 1 atom stereocenters. The molecule has 0 saturated carbocycles. The van der Waals surface area contributed by atoms with E-state index in [0.717, 1.165) is 18.4 Å². The third-order valence-corrected chi connectivity index (χ3v) is 3.78. The maximum Gasteiger partial charge on any atom is 0.335 e. The number of hydrogen-bond donors (Lipinski definition) is 2. The van der Waals surface area contributed by atoms with Crippen molar-refractivity contribution in [3.05, 3.63) is 35.4 Å². The molecule has 1 fully saturated rings. The van der Waals surface area contributed by atoms with Gasteiger partial charge in [0.25, 0.3) is 0 Å². The number of aliphatic hydroxyl groups is 1. The molecule has 1 aliphatic heterocycles. The van der Waals surface area contributed by atoms with Crippen LogP contribution in [-0.4, -0.2) is 58.3 Å². The number of carbonyl (C=O) groups excluding carboxylic acids is 1. The van der Waals surface area contributed by atoms with E-state index in [9.17, 15) is 14.7 Å². The molecule has 1 aromatic carbocycles. The summed E-state index contributed by atoms with van der Waals surface area (Å²) in [6, 6.07) is 6.29. The standard InChI is InChI=1S/C15H20N2O4/c1-16(15(21)17-8-2-3-13(17)10-18)9-11-4-6-12(7-5-11)14(19)20/h4-7,13,18H,2-3,8-10H2,1H3,(H,19,20). The molecule has 1 heterocycles. The topological polar surface area (TPSA) is 81.1 Å². The molecular formula is C15H20N2O4. The average Bonchev–Trinajstić information content (AvgIpc) is 2.95. The summed E-state index contributed by atoms with van der Waals surface area (Å²) in [7, 11) is 1.71. The summed E-state index contributed by atoms with van der Waals surface area (Å²) in [6.45, 7) is 1.08. The molecule has 1 aromatic rings. The van der Waals surface area contributed by atoms with Crippen LogP contribution in [0.3, 0.4) is 0 Å². The smallest absolute Gasteiger partial charge is 0.335 e. The molecule has 2 amide bonds. The van der Waals surface area contributed by atoms with Gasteiger partial charge in [0, 0.05) is 20.1 Å². The zero-order chi connectivity index (χ0) is 15.4. The van der Waals surface area contributed by atoms with Crippen LogP contribution in [0.2, 0.25) is 0 Å². The molecule has 0 radical (unpaired) electrons. The summed E-state index contributed by atoms with van der Waals surface area (Å²) in [5.74, 6) is -0.964. The van der Waals surface area contributed by atoms with E-state index in [1.165, 1.54) is 12.1 Å². The second-order valence-electron chi connectivity index (χ2n) is 5.31. The summed E-state index contributed by atoms with van der Waals surface area (Å²) in [5.41, 5.74) is 1.10. The second kappa shape index (κ2) is 6.58. The molecule has 0 aliphatic carbocycles. The molecule has 0 aromatic heterocycles. The van der Waals surface area contributed by atoms with Crippen molar-refractivity contribution in [3.63, 3.8) is 0 Å². The van der Waals surface area contributed by atoms with Crippen molar-refractivity contribution < 1.29 is 19.8 Å². The zero-order valence-corrected chi connectivity index (χ0v) is 12.0. The first-order chi connectivity index (χ1) is 10.0. The first-order valence-electron chi connectivity index (χ1n) is 6.97. The zero-order valence-electron chi connectivity index (χ0n) is 12.0. The van der Waals surface area contributed by atoms with Gasteiger partial charge >= 0.3 is 12.0 Å². The Kier molecular flexibility index (Phi) is 4.80. The molecule has 0 bridgehead atoms. The Morgan fingerprint density at radius 3 is 2.57 bits per heavy atom. The van der Waals surface area contributed by atoms with Crippen molar-refractivity contribution in [3.8, 4) is 0 Å². The van der Waals surface area contributed by atoms with Gasteiger partial charge in [0.05, 0.1) is 18.2 Å². The highest BCUT2D eigenvalue weighted by molar-refractivity contribution is 5.87. The first-order valence-corrected chi connectivity index (χ1v) is 6.97. The number of carboxylic acid groups (broad SMARTS) is 1. The van der Waals surface area contributed by atoms with Gasteiger partial charge in [-0.1, -0.05) is 12.1 Å². The van der Waals surface area contributed by atoms with Crippen LogP contribution in [0, 0.1) is 0 Å². The second-order valence-corrected chi connectivity index (χ2v) is 5.31. The van der Waals surface area contributed by atoms with Crippen LogP contribution >= 0.6 is 0 Å². The number of aromatic carboxylic acids is 1. The molecule has 2 N–H and O–H groups in total. The number of carbonyl (C=O) groups is 2. The van der Waals surface area contributed by atoms with Gasteiger partial charge in [0.1, 0.15) is 0 Å². The molecule has 6 heteroatoms. The number of amides is 2. The number of rotatable bonds is 4. The number of urea groups is 1. The number of carboxylic acids is 1. The lowest BCUT2D eigenvalue weighted by Gasteiger charge is -2.28. The van der Waals surface area contributed by atoms with Crippen LogP contribution in [0.1, 0.15) is 28.8 Å². The van der Waals surface area contributed by atoms with E-state index < -0.39 is 5.97 Å². The lowest BCUT2D eigenvalue weighted by atomic mass is 10.1. The predicted octanol–water partition coefficient (Wildman–Crippen LogP) is 1.39. The van der Waals surface area contributed by atoms with Crippen LogP contribution in [-0.2, 0) is 6.54 Å². The summed E-state index contributed by atoms with van der Waals surface area (Å²) >= 11 is 0. The lowest BCUT2D eigenvalue weighted by molar-refractivity contribution is 0.0696.